The molecule has 0 amide bonds. The zero-order valence-electron chi connectivity index (χ0n) is 7.92. The highest BCUT2D eigenvalue weighted by atomic mass is 16.1. The fourth-order valence-corrected chi connectivity index (χ4v) is 1.21. The SMILES string of the molecule is C=CCCc1cccc(=O)c(C)c1. The topological polar surface area (TPSA) is 17.1 Å². The van der Waals surface area contributed by atoms with Gasteiger partial charge in [-0.25, -0.2) is 0 Å². The van der Waals surface area contributed by atoms with E-state index in [1.807, 2.05) is 31.2 Å². The van der Waals surface area contributed by atoms with Gasteiger partial charge in [0, 0.05) is 0 Å². The maximum absolute atomic E-state index is 11.2. The summed E-state index contributed by atoms with van der Waals surface area (Å²) in [5.41, 5.74) is 2.11. The molecule has 0 unspecified atom stereocenters. The van der Waals surface area contributed by atoms with Crippen molar-refractivity contribution in [2.24, 2.45) is 0 Å². The van der Waals surface area contributed by atoms with E-state index < -0.39 is 0 Å². The van der Waals surface area contributed by atoms with Crippen LogP contribution in [0.3, 0.4) is 0 Å². The summed E-state index contributed by atoms with van der Waals surface area (Å²) in [4.78, 5) is 11.2. The predicted molar refractivity (Wildman–Crippen MR) is 56.0 cm³/mol. The molecule has 0 aliphatic heterocycles. The highest BCUT2D eigenvalue weighted by Gasteiger charge is 1.92. The lowest BCUT2D eigenvalue weighted by atomic mass is 10.1. The number of aryl methyl sites for hydroxylation is 2. The molecule has 1 aromatic rings. The van der Waals surface area contributed by atoms with Crippen molar-refractivity contribution in [1.82, 2.24) is 0 Å². The Labute approximate surface area is 78.7 Å². The van der Waals surface area contributed by atoms with Crippen LogP contribution in [0.5, 0.6) is 0 Å². The first-order chi connectivity index (χ1) is 6.24. The summed E-state index contributed by atoms with van der Waals surface area (Å²) in [6.45, 7) is 5.52. The van der Waals surface area contributed by atoms with E-state index in [0.29, 0.717) is 0 Å². The second-order valence-corrected chi connectivity index (χ2v) is 3.12. The fraction of sp³-hybridized carbons (Fsp3) is 0.250. The van der Waals surface area contributed by atoms with Crippen LogP contribution in [0.15, 0.2) is 41.7 Å². The lowest BCUT2D eigenvalue weighted by Gasteiger charge is -1.93. The third-order valence-electron chi connectivity index (χ3n) is 1.99. The number of allylic oxidation sites excluding steroid dienone is 1. The van der Waals surface area contributed by atoms with Crippen LogP contribution in [0.2, 0.25) is 0 Å². The number of rotatable bonds is 3. The summed E-state index contributed by atoms with van der Waals surface area (Å²) >= 11 is 0. The Balaban J connectivity index is 2.99. The van der Waals surface area contributed by atoms with E-state index >= 15 is 0 Å². The molecule has 1 nitrogen and oxygen atoms in total. The van der Waals surface area contributed by atoms with Crippen LogP contribution in [0.4, 0.5) is 0 Å². The minimum atomic E-state index is 0.102. The first kappa shape index (κ1) is 9.72. The van der Waals surface area contributed by atoms with Crippen molar-refractivity contribution < 1.29 is 0 Å². The molecule has 0 aliphatic rings. The third kappa shape index (κ3) is 2.86. The molecule has 0 spiro atoms. The normalized spacial score (nSPS) is 9.62. The molecule has 0 fully saturated rings. The van der Waals surface area contributed by atoms with Crippen molar-refractivity contribution in [1.29, 1.82) is 0 Å². The quantitative estimate of drug-likeness (QED) is 0.643. The van der Waals surface area contributed by atoms with Gasteiger partial charge in [-0.1, -0.05) is 24.3 Å². The van der Waals surface area contributed by atoms with Crippen LogP contribution in [0.1, 0.15) is 17.5 Å². The van der Waals surface area contributed by atoms with Crippen LogP contribution in [-0.4, -0.2) is 0 Å². The maximum Gasteiger partial charge on any atom is 0.181 e. The molecule has 0 aliphatic carbocycles. The van der Waals surface area contributed by atoms with Gasteiger partial charge in [0.05, 0.1) is 0 Å². The molecule has 0 radical (unpaired) electrons. The molecule has 1 rings (SSSR count). The smallest absolute Gasteiger partial charge is 0.181 e. The van der Waals surface area contributed by atoms with E-state index in [1.54, 1.807) is 6.07 Å². The number of hydrogen-bond donors (Lipinski definition) is 0. The zero-order chi connectivity index (χ0) is 9.68. The Morgan fingerprint density at radius 2 is 2.23 bits per heavy atom. The van der Waals surface area contributed by atoms with Gasteiger partial charge in [0.1, 0.15) is 0 Å². The standard InChI is InChI=1S/C12H14O/c1-3-4-6-11-7-5-8-12(13)10(2)9-11/h3,5,7-9H,1,4,6H2,2H3. The summed E-state index contributed by atoms with van der Waals surface area (Å²) in [6, 6.07) is 7.35. The summed E-state index contributed by atoms with van der Waals surface area (Å²) < 4.78 is 0. The molecule has 13 heavy (non-hydrogen) atoms. The van der Waals surface area contributed by atoms with Gasteiger partial charge < -0.3 is 0 Å². The van der Waals surface area contributed by atoms with Crippen LogP contribution < -0.4 is 5.43 Å². The number of hydrogen-bond acceptors (Lipinski definition) is 1. The van der Waals surface area contributed by atoms with E-state index in [2.05, 4.69) is 6.58 Å². The Morgan fingerprint density at radius 1 is 1.46 bits per heavy atom. The fourth-order valence-electron chi connectivity index (χ4n) is 1.21. The first-order valence-electron chi connectivity index (χ1n) is 4.45. The molecule has 0 saturated heterocycles. The van der Waals surface area contributed by atoms with Crippen LogP contribution in [0.25, 0.3) is 0 Å². The van der Waals surface area contributed by atoms with Crippen LogP contribution >= 0.6 is 0 Å². The van der Waals surface area contributed by atoms with Gasteiger partial charge in [0.25, 0.3) is 0 Å². The lowest BCUT2D eigenvalue weighted by molar-refractivity contribution is 1.00. The van der Waals surface area contributed by atoms with Crippen LogP contribution in [0, 0.1) is 6.92 Å². The highest BCUT2D eigenvalue weighted by molar-refractivity contribution is 5.21. The van der Waals surface area contributed by atoms with Crippen molar-refractivity contribution in [2.75, 3.05) is 0 Å². The molecular weight excluding hydrogens is 160 g/mol. The predicted octanol–water partition coefficient (Wildman–Crippen LogP) is 2.47. The highest BCUT2D eigenvalue weighted by Crippen LogP contribution is 2.02. The van der Waals surface area contributed by atoms with Gasteiger partial charge in [0.15, 0.2) is 5.43 Å². The summed E-state index contributed by atoms with van der Waals surface area (Å²) in [7, 11) is 0. The van der Waals surface area contributed by atoms with E-state index in [4.69, 9.17) is 0 Å². The zero-order valence-corrected chi connectivity index (χ0v) is 7.92. The summed E-state index contributed by atoms with van der Waals surface area (Å²) in [5, 5.41) is 0. The molecule has 0 heterocycles. The van der Waals surface area contributed by atoms with Gasteiger partial charge in [-0.3, -0.25) is 4.79 Å². The average molecular weight is 174 g/mol. The van der Waals surface area contributed by atoms with E-state index in [1.165, 1.54) is 5.56 Å². The molecule has 68 valence electrons. The van der Waals surface area contributed by atoms with Crippen molar-refractivity contribution in [3.8, 4) is 0 Å². The second kappa shape index (κ2) is 4.61. The van der Waals surface area contributed by atoms with Gasteiger partial charge in [0.2, 0.25) is 0 Å². The Bertz CT molecular complexity index is 353. The lowest BCUT2D eigenvalue weighted by Crippen LogP contribution is -1.97. The molecule has 0 atom stereocenters. The van der Waals surface area contributed by atoms with E-state index in [0.717, 1.165) is 18.4 Å². The molecule has 0 aromatic heterocycles. The maximum atomic E-state index is 11.2. The average Bonchev–Trinajstić information content (AvgIpc) is 2.26. The molecule has 1 heteroatoms. The molecule has 0 bridgehead atoms. The van der Waals surface area contributed by atoms with Gasteiger partial charge in [-0.15, -0.1) is 6.58 Å². The van der Waals surface area contributed by atoms with Crippen LogP contribution in [-0.2, 0) is 6.42 Å². The minimum absolute atomic E-state index is 0.102. The van der Waals surface area contributed by atoms with Crippen molar-refractivity contribution in [3.63, 3.8) is 0 Å². The van der Waals surface area contributed by atoms with E-state index in [9.17, 15) is 4.79 Å². The monoisotopic (exact) mass is 174 g/mol. The molecular formula is C12H14O. The summed E-state index contributed by atoms with van der Waals surface area (Å²) in [6.07, 6.45) is 3.80. The van der Waals surface area contributed by atoms with Gasteiger partial charge in [-0.2, -0.15) is 0 Å². The largest absolute Gasteiger partial charge is 0.290 e. The third-order valence-corrected chi connectivity index (χ3v) is 1.99. The Kier molecular flexibility index (Phi) is 3.44. The molecule has 0 saturated carbocycles. The Hall–Kier alpha value is -1.37. The molecule has 1 aromatic carbocycles. The minimum Gasteiger partial charge on any atom is -0.290 e. The Morgan fingerprint density at radius 3 is 2.92 bits per heavy atom. The van der Waals surface area contributed by atoms with E-state index in [-0.39, 0.29) is 5.43 Å². The van der Waals surface area contributed by atoms with Crippen molar-refractivity contribution in [3.05, 3.63) is 58.3 Å². The second-order valence-electron chi connectivity index (χ2n) is 3.12. The summed E-state index contributed by atoms with van der Waals surface area (Å²) in [5.74, 6) is 0. The van der Waals surface area contributed by atoms with Crippen molar-refractivity contribution >= 4 is 0 Å². The molecule has 0 N–H and O–H groups in total. The van der Waals surface area contributed by atoms with Gasteiger partial charge >= 0.3 is 0 Å². The first-order valence-corrected chi connectivity index (χ1v) is 4.45. The van der Waals surface area contributed by atoms with Gasteiger partial charge in [-0.05, 0) is 37.0 Å². The van der Waals surface area contributed by atoms with Crippen molar-refractivity contribution in [2.45, 2.75) is 19.8 Å².